The first-order valence-electron chi connectivity index (χ1n) is 3.77. The summed E-state index contributed by atoms with van der Waals surface area (Å²) < 4.78 is 0. The van der Waals surface area contributed by atoms with Crippen molar-refractivity contribution in [3.63, 3.8) is 0 Å². The molecule has 0 aliphatic heterocycles. The molecule has 0 bridgehead atoms. The molecule has 0 unspecified atom stereocenters. The number of carboxylic acids is 1. The number of carboxylic acid groups (broad SMARTS) is 1. The fourth-order valence-electron chi connectivity index (χ4n) is 1.16. The van der Waals surface area contributed by atoms with E-state index >= 15 is 0 Å². The van der Waals surface area contributed by atoms with Gasteiger partial charge in [-0.1, -0.05) is 0 Å². The Labute approximate surface area is 74.4 Å². The number of nitrogens with zero attached hydrogens (tertiary/aromatic N) is 1. The Morgan fingerprint density at radius 1 is 1.54 bits per heavy atom. The van der Waals surface area contributed by atoms with Crippen molar-refractivity contribution in [3.8, 4) is 0 Å². The molecule has 0 saturated carbocycles. The van der Waals surface area contributed by atoms with Gasteiger partial charge in [-0.25, -0.2) is 4.79 Å². The summed E-state index contributed by atoms with van der Waals surface area (Å²) >= 11 is 0. The number of carbonyl (C=O) groups is 1. The third-order valence-electron chi connectivity index (χ3n) is 1.77. The van der Waals surface area contributed by atoms with Gasteiger partial charge in [0.15, 0.2) is 0 Å². The summed E-state index contributed by atoms with van der Waals surface area (Å²) in [6, 6.07) is 0. The molecule has 0 atom stereocenters. The van der Waals surface area contributed by atoms with Gasteiger partial charge in [0.1, 0.15) is 0 Å². The number of aromatic amines is 1. The maximum Gasteiger partial charge on any atom is 0.345 e. The molecule has 0 spiro atoms. The Bertz CT molecular complexity index is 369. The van der Waals surface area contributed by atoms with Crippen LogP contribution in [0.3, 0.4) is 0 Å². The maximum absolute atomic E-state index is 10.8. The number of aryl methyl sites for hydroxylation is 2. The van der Waals surface area contributed by atoms with E-state index in [1.807, 2.05) is 0 Å². The van der Waals surface area contributed by atoms with Crippen molar-refractivity contribution in [2.75, 3.05) is 0 Å². The second-order valence-corrected chi connectivity index (χ2v) is 2.78. The zero-order valence-electron chi connectivity index (χ0n) is 7.38. The van der Waals surface area contributed by atoms with E-state index in [0.29, 0.717) is 17.0 Å². The van der Waals surface area contributed by atoms with Crippen LogP contribution in [0, 0.1) is 13.8 Å². The Balaban J connectivity index is 3.20. The largest absolute Gasteiger partial charge is 0.550 e. The van der Waals surface area contributed by atoms with Crippen LogP contribution in [0.4, 0.5) is 0 Å². The van der Waals surface area contributed by atoms with E-state index in [0.717, 1.165) is 0 Å². The SMILES string of the molecule is Cc1nc(=O)[nH]c(C)c1CC(=O)[O-]. The highest BCUT2D eigenvalue weighted by Gasteiger charge is 2.05. The third-order valence-corrected chi connectivity index (χ3v) is 1.77. The van der Waals surface area contributed by atoms with Crippen molar-refractivity contribution >= 4 is 5.97 Å². The van der Waals surface area contributed by atoms with E-state index in [1.165, 1.54) is 0 Å². The lowest BCUT2D eigenvalue weighted by atomic mass is 10.1. The molecule has 70 valence electrons. The third kappa shape index (κ3) is 2.14. The molecule has 1 rings (SSSR count). The number of aliphatic carboxylic acids is 1. The summed E-state index contributed by atoms with van der Waals surface area (Å²) in [6.07, 6.45) is -0.221. The van der Waals surface area contributed by atoms with Gasteiger partial charge >= 0.3 is 5.69 Å². The number of carbonyl (C=O) groups excluding carboxylic acids is 1. The average molecular weight is 181 g/mol. The van der Waals surface area contributed by atoms with Crippen molar-refractivity contribution in [1.82, 2.24) is 9.97 Å². The van der Waals surface area contributed by atoms with Crippen LogP contribution in [-0.2, 0) is 11.2 Å². The van der Waals surface area contributed by atoms with Crippen molar-refractivity contribution < 1.29 is 9.90 Å². The molecule has 5 heteroatoms. The average Bonchev–Trinajstić information content (AvgIpc) is 1.96. The minimum absolute atomic E-state index is 0.221. The Morgan fingerprint density at radius 3 is 2.62 bits per heavy atom. The molecule has 0 aromatic carbocycles. The fraction of sp³-hybridized carbons (Fsp3) is 0.375. The van der Waals surface area contributed by atoms with Crippen molar-refractivity contribution in [2.45, 2.75) is 20.3 Å². The van der Waals surface area contributed by atoms with E-state index < -0.39 is 11.7 Å². The smallest absolute Gasteiger partial charge is 0.345 e. The highest BCUT2D eigenvalue weighted by Crippen LogP contribution is 2.06. The minimum atomic E-state index is -1.18. The van der Waals surface area contributed by atoms with E-state index in [9.17, 15) is 14.7 Å². The molecule has 1 heterocycles. The molecule has 1 aromatic heterocycles. The normalized spacial score (nSPS) is 10.0. The van der Waals surface area contributed by atoms with Crippen LogP contribution in [-0.4, -0.2) is 15.9 Å². The van der Waals surface area contributed by atoms with Crippen molar-refractivity contribution in [1.29, 1.82) is 0 Å². The number of hydrogen-bond acceptors (Lipinski definition) is 4. The molecule has 1 N–H and O–H groups in total. The van der Waals surface area contributed by atoms with Crippen LogP contribution in [0.25, 0.3) is 0 Å². The van der Waals surface area contributed by atoms with Crippen LogP contribution >= 0.6 is 0 Å². The zero-order chi connectivity index (χ0) is 10.0. The van der Waals surface area contributed by atoms with Gasteiger partial charge in [-0.3, -0.25) is 0 Å². The molecule has 0 radical (unpaired) electrons. The molecule has 0 aliphatic carbocycles. The second kappa shape index (κ2) is 3.38. The lowest BCUT2D eigenvalue weighted by molar-refractivity contribution is -0.304. The van der Waals surface area contributed by atoms with Gasteiger partial charge in [0.2, 0.25) is 0 Å². The predicted octanol–water partition coefficient (Wildman–Crippen LogP) is -1.32. The quantitative estimate of drug-likeness (QED) is 0.613. The van der Waals surface area contributed by atoms with Crippen LogP contribution < -0.4 is 10.8 Å². The highest BCUT2D eigenvalue weighted by molar-refractivity contribution is 5.68. The molecule has 13 heavy (non-hydrogen) atoms. The lowest BCUT2D eigenvalue weighted by Gasteiger charge is -2.07. The van der Waals surface area contributed by atoms with Gasteiger partial charge in [-0.15, -0.1) is 0 Å². The van der Waals surface area contributed by atoms with Gasteiger partial charge in [-0.05, 0) is 19.4 Å². The first-order chi connectivity index (χ1) is 6.00. The monoisotopic (exact) mass is 181 g/mol. The highest BCUT2D eigenvalue weighted by atomic mass is 16.4. The Morgan fingerprint density at radius 2 is 2.15 bits per heavy atom. The summed E-state index contributed by atoms with van der Waals surface area (Å²) in [6.45, 7) is 3.23. The Hall–Kier alpha value is -1.65. The molecule has 0 saturated heterocycles. The van der Waals surface area contributed by atoms with E-state index in [-0.39, 0.29) is 6.42 Å². The van der Waals surface area contributed by atoms with Crippen molar-refractivity contribution in [2.24, 2.45) is 0 Å². The number of nitrogens with one attached hydrogen (secondary N) is 1. The van der Waals surface area contributed by atoms with Crippen molar-refractivity contribution in [3.05, 3.63) is 27.4 Å². The van der Waals surface area contributed by atoms with Gasteiger partial charge < -0.3 is 14.9 Å². The van der Waals surface area contributed by atoms with Crippen LogP contribution in [0.1, 0.15) is 17.0 Å². The molecule has 0 aliphatic rings. The van der Waals surface area contributed by atoms with Crippen LogP contribution in [0.2, 0.25) is 0 Å². The first kappa shape index (κ1) is 9.44. The molecular weight excluding hydrogens is 172 g/mol. The van der Waals surface area contributed by atoms with Gasteiger partial charge in [0, 0.05) is 23.8 Å². The predicted molar refractivity (Wildman–Crippen MR) is 43.0 cm³/mol. The maximum atomic E-state index is 10.8. The van der Waals surface area contributed by atoms with E-state index in [1.54, 1.807) is 13.8 Å². The minimum Gasteiger partial charge on any atom is -0.550 e. The van der Waals surface area contributed by atoms with Gasteiger partial charge in [-0.2, -0.15) is 4.98 Å². The topological polar surface area (TPSA) is 85.9 Å². The summed E-state index contributed by atoms with van der Waals surface area (Å²) in [4.78, 5) is 27.2. The van der Waals surface area contributed by atoms with Gasteiger partial charge in [0.05, 0.1) is 0 Å². The number of rotatable bonds is 2. The Kier molecular flexibility index (Phi) is 2.46. The lowest BCUT2D eigenvalue weighted by Crippen LogP contribution is -2.27. The summed E-state index contributed by atoms with van der Waals surface area (Å²) in [5.74, 6) is -1.18. The molecule has 0 fully saturated rings. The zero-order valence-corrected chi connectivity index (χ0v) is 7.38. The summed E-state index contributed by atoms with van der Waals surface area (Å²) in [7, 11) is 0. The van der Waals surface area contributed by atoms with Crippen LogP contribution in [0.5, 0.6) is 0 Å². The number of H-pyrrole nitrogens is 1. The van der Waals surface area contributed by atoms with Gasteiger partial charge in [0.25, 0.3) is 0 Å². The first-order valence-corrected chi connectivity index (χ1v) is 3.77. The van der Waals surface area contributed by atoms with E-state index in [2.05, 4.69) is 9.97 Å². The summed E-state index contributed by atoms with van der Waals surface area (Å²) in [5, 5.41) is 10.3. The fourth-order valence-corrected chi connectivity index (χ4v) is 1.16. The summed E-state index contributed by atoms with van der Waals surface area (Å²) in [5.41, 5.74) is 1.02. The van der Waals surface area contributed by atoms with Crippen LogP contribution in [0.15, 0.2) is 4.79 Å². The standard InChI is InChI=1S/C8H10N2O3/c1-4-6(3-7(11)12)5(2)10-8(13)9-4/h3H2,1-2H3,(H,11,12)(H,9,10,13)/p-1. The molecule has 5 nitrogen and oxygen atoms in total. The molecule has 0 amide bonds. The number of aromatic nitrogens is 2. The second-order valence-electron chi connectivity index (χ2n) is 2.78. The number of hydrogen-bond donors (Lipinski definition) is 1. The van der Waals surface area contributed by atoms with E-state index in [4.69, 9.17) is 0 Å². The molecule has 1 aromatic rings. The molecular formula is C8H9N2O3-.